The molecule has 0 bridgehead atoms. The van der Waals surface area contributed by atoms with Gasteiger partial charge in [0, 0.05) is 6.26 Å². The van der Waals surface area contributed by atoms with Gasteiger partial charge in [-0.15, -0.1) is 5.10 Å². The van der Waals surface area contributed by atoms with E-state index in [-0.39, 0.29) is 16.8 Å². The van der Waals surface area contributed by atoms with E-state index in [1.165, 1.54) is 0 Å². The number of hydrogen-bond acceptors (Lipinski definition) is 6. The average Bonchev–Trinajstić information content (AvgIpc) is 2.95. The van der Waals surface area contributed by atoms with E-state index in [0.29, 0.717) is 17.0 Å². The van der Waals surface area contributed by atoms with E-state index in [1.54, 1.807) is 24.3 Å². The predicted octanol–water partition coefficient (Wildman–Crippen LogP) is 2.00. The molecule has 1 aromatic heterocycles. The van der Waals surface area contributed by atoms with Crippen LogP contribution in [0.3, 0.4) is 0 Å². The summed E-state index contributed by atoms with van der Waals surface area (Å²) in [6.07, 6.45) is 1.81. The van der Waals surface area contributed by atoms with Crippen molar-refractivity contribution in [1.82, 2.24) is 14.9 Å². The van der Waals surface area contributed by atoms with Crippen molar-refractivity contribution in [1.29, 1.82) is 0 Å². The van der Waals surface area contributed by atoms with E-state index in [4.69, 9.17) is 0 Å². The van der Waals surface area contributed by atoms with Gasteiger partial charge in [-0.2, -0.15) is 0 Å². The Labute approximate surface area is 133 Å². The number of rotatable bonds is 5. The number of sulfone groups is 1. The molecule has 6 nitrogen and oxygen atoms in total. The zero-order valence-electron chi connectivity index (χ0n) is 12.5. The number of aromatic nitrogens is 2. The first-order chi connectivity index (χ1) is 10.3. The molecule has 2 rings (SSSR count). The highest BCUT2D eigenvalue weighted by molar-refractivity contribution is 7.90. The molecule has 0 aliphatic heterocycles. The topological polar surface area (TPSA) is 89.0 Å². The summed E-state index contributed by atoms with van der Waals surface area (Å²) in [7, 11) is -3.22. The number of amides is 1. The van der Waals surface area contributed by atoms with Crippen LogP contribution in [0.15, 0.2) is 29.2 Å². The van der Waals surface area contributed by atoms with Crippen molar-refractivity contribution in [2.75, 3.05) is 6.26 Å². The summed E-state index contributed by atoms with van der Waals surface area (Å²) in [5.41, 5.74) is 1.51. The number of nitrogens with zero attached hydrogens (tertiary/aromatic N) is 2. The van der Waals surface area contributed by atoms with Gasteiger partial charge in [0.25, 0.3) is 5.91 Å². The van der Waals surface area contributed by atoms with E-state index in [9.17, 15) is 13.2 Å². The summed E-state index contributed by atoms with van der Waals surface area (Å²) in [6, 6.07) is 6.24. The van der Waals surface area contributed by atoms with E-state index >= 15 is 0 Å². The van der Waals surface area contributed by atoms with Crippen LogP contribution in [0.5, 0.6) is 0 Å². The summed E-state index contributed by atoms with van der Waals surface area (Å²) >= 11 is 1.07. The molecule has 0 spiro atoms. The minimum atomic E-state index is -3.22. The standard InChI is InChI=1S/C14H17N3O3S2/c1-4-12-13(21-17-16-12)14(18)15-9(2)10-5-7-11(8-6-10)22(3,19)20/h5-9H,4H2,1-3H3,(H,15,18)/t9-/m0/s1. The molecule has 0 unspecified atom stereocenters. The van der Waals surface area contributed by atoms with Crippen molar-refractivity contribution in [3.63, 3.8) is 0 Å². The Morgan fingerprint density at radius 2 is 1.95 bits per heavy atom. The molecule has 0 saturated carbocycles. The first-order valence-electron chi connectivity index (χ1n) is 6.75. The van der Waals surface area contributed by atoms with Crippen LogP contribution in [0, 0.1) is 0 Å². The van der Waals surface area contributed by atoms with Crippen molar-refractivity contribution >= 4 is 27.3 Å². The largest absolute Gasteiger partial charge is 0.345 e. The first-order valence-corrected chi connectivity index (χ1v) is 9.41. The second kappa shape index (κ2) is 6.53. The average molecular weight is 339 g/mol. The van der Waals surface area contributed by atoms with E-state index in [1.807, 2.05) is 13.8 Å². The molecule has 0 aliphatic rings. The molecule has 1 amide bonds. The zero-order valence-corrected chi connectivity index (χ0v) is 14.2. The van der Waals surface area contributed by atoms with Crippen LogP contribution in [0.2, 0.25) is 0 Å². The SMILES string of the molecule is CCc1nnsc1C(=O)N[C@@H](C)c1ccc(S(C)(=O)=O)cc1. The van der Waals surface area contributed by atoms with Gasteiger partial charge in [0.2, 0.25) is 0 Å². The summed E-state index contributed by atoms with van der Waals surface area (Å²) in [5.74, 6) is -0.216. The molecule has 2 aromatic rings. The number of benzene rings is 1. The third kappa shape index (κ3) is 3.69. The molecule has 1 aromatic carbocycles. The summed E-state index contributed by atoms with van der Waals surface area (Å²) in [6.45, 7) is 3.76. The number of hydrogen-bond donors (Lipinski definition) is 1. The van der Waals surface area contributed by atoms with Gasteiger partial charge in [0.1, 0.15) is 4.88 Å². The Morgan fingerprint density at radius 1 is 1.32 bits per heavy atom. The van der Waals surface area contributed by atoms with Crippen LogP contribution in [0.25, 0.3) is 0 Å². The minimum Gasteiger partial charge on any atom is -0.345 e. The zero-order chi connectivity index (χ0) is 16.3. The molecule has 0 saturated heterocycles. The number of aryl methyl sites for hydroxylation is 1. The van der Waals surface area contributed by atoms with Crippen LogP contribution in [0.4, 0.5) is 0 Å². The third-order valence-corrected chi connectivity index (χ3v) is 5.15. The molecule has 1 N–H and O–H groups in total. The van der Waals surface area contributed by atoms with Gasteiger partial charge in [-0.1, -0.05) is 23.5 Å². The highest BCUT2D eigenvalue weighted by Gasteiger charge is 2.18. The predicted molar refractivity (Wildman–Crippen MR) is 84.7 cm³/mol. The highest BCUT2D eigenvalue weighted by atomic mass is 32.2. The molecule has 8 heteroatoms. The molecule has 22 heavy (non-hydrogen) atoms. The second-order valence-electron chi connectivity index (χ2n) is 4.94. The number of carbonyl (C=O) groups excluding carboxylic acids is 1. The smallest absolute Gasteiger partial charge is 0.265 e. The number of nitrogens with one attached hydrogen (secondary N) is 1. The van der Waals surface area contributed by atoms with Crippen LogP contribution >= 0.6 is 11.5 Å². The molecular weight excluding hydrogens is 322 g/mol. The van der Waals surface area contributed by atoms with Gasteiger partial charge in [0.15, 0.2) is 9.84 Å². The maximum atomic E-state index is 12.2. The minimum absolute atomic E-state index is 0.216. The normalized spacial score (nSPS) is 12.9. The van der Waals surface area contributed by atoms with Crippen molar-refractivity contribution in [2.45, 2.75) is 31.2 Å². The lowest BCUT2D eigenvalue weighted by Crippen LogP contribution is -2.26. The van der Waals surface area contributed by atoms with Crippen LogP contribution in [-0.2, 0) is 16.3 Å². The maximum absolute atomic E-state index is 12.2. The molecule has 0 fully saturated rings. The lowest BCUT2D eigenvalue weighted by molar-refractivity contribution is 0.0943. The fourth-order valence-electron chi connectivity index (χ4n) is 1.96. The summed E-state index contributed by atoms with van der Waals surface area (Å²) in [5, 5.41) is 6.79. The van der Waals surface area contributed by atoms with Gasteiger partial charge in [-0.25, -0.2) is 8.42 Å². The Kier molecular flexibility index (Phi) is 4.92. The Balaban J connectivity index is 2.12. The first kappa shape index (κ1) is 16.6. The Bertz CT molecular complexity index is 767. The van der Waals surface area contributed by atoms with E-state index in [2.05, 4.69) is 14.9 Å². The fourth-order valence-corrected chi connectivity index (χ4v) is 3.25. The lowest BCUT2D eigenvalue weighted by Gasteiger charge is -2.14. The lowest BCUT2D eigenvalue weighted by atomic mass is 10.1. The third-order valence-electron chi connectivity index (χ3n) is 3.25. The van der Waals surface area contributed by atoms with Gasteiger partial charge in [0.05, 0.1) is 16.6 Å². The quantitative estimate of drug-likeness (QED) is 0.900. The van der Waals surface area contributed by atoms with Gasteiger partial charge >= 0.3 is 0 Å². The molecule has 1 heterocycles. The van der Waals surface area contributed by atoms with Crippen LogP contribution < -0.4 is 5.32 Å². The van der Waals surface area contributed by atoms with Crippen LogP contribution in [0.1, 0.15) is 40.8 Å². The van der Waals surface area contributed by atoms with Crippen molar-refractivity contribution in [3.05, 3.63) is 40.4 Å². The molecule has 0 aliphatic carbocycles. The second-order valence-corrected chi connectivity index (χ2v) is 7.71. The Hall–Kier alpha value is -1.80. The number of carbonyl (C=O) groups is 1. The summed E-state index contributed by atoms with van der Waals surface area (Å²) in [4.78, 5) is 13.0. The molecule has 118 valence electrons. The van der Waals surface area contributed by atoms with Crippen LogP contribution in [-0.4, -0.2) is 30.2 Å². The monoisotopic (exact) mass is 339 g/mol. The van der Waals surface area contributed by atoms with Gasteiger partial charge in [-0.05, 0) is 42.6 Å². The van der Waals surface area contributed by atoms with Crippen molar-refractivity contribution < 1.29 is 13.2 Å². The molecule has 0 radical (unpaired) electrons. The van der Waals surface area contributed by atoms with Crippen molar-refractivity contribution in [3.8, 4) is 0 Å². The van der Waals surface area contributed by atoms with Gasteiger partial charge in [-0.3, -0.25) is 4.79 Å². The molecular formula is C14H17N3O3S2. The van der Waals surface area contributed by atoms with E-state index < -0.39 is 9.84 Å². The highest BCUT2D eigenvalue weighted by Crippen LogP contribution is 2.18. The maximum Gasteiger partial charge on any atom is 0.265 e. The fraction of sp³-hybridized carbons (Fsp3) is 0.357. The Morgan fingerprint density at radius 3 is 2.50 bits per heavy atom. The summed E-state index contributed by atoms with van der Waals surface area (Å²) < 4.78 is 26.7. The van der Waals surface area contributed by atoms with Crippen molar-refractivity contribution in [2.24, 2.45) is 0 Å². The van der Waals surface area contributed by atoms with Gasteiger partial charge < -0.3 is 5.32 Å². The molecule has 1 atom stereocenters. The van der Waals surface area contributed by atoms with E-state index in [0.717, 1.165) is 23.4 Å².